The zero-order chi connectivity index (χ0) is 21.3. The van der Waals surface area contributed by atoms with Crippen molar-refractivity contribution in [3.63, 3.8) is 0 Å². The fraction of sp³-hybridized carbons (Fsp3) is 0.381. The van der Waals surface area contributed by atoms with Crippen molar-refractivity contribution in [3.8, 4) is 5.75 Å². The molecule has 158 valence electrons. The Kier molecular flexibility index (Phi) is 5.78. The first-order valence-corrected chi connectivity index (χ1v) is 10.2. The molecule has 1 aliphatic heterocycles. The number of H-pyrrole nitrogens is 1. The summed E-state index contributed by atoms with van der Waals surface area (Å²) in [5, 5.41) is 6.08. The monoisotopic (exact) mass is 430 g/mol. The summed E-state index contributed by atoms with van der Waals surface area (Å²) in [5.41, 5.74) is 3.00. The lowest BCUT2D eigenvalue weighted by Crippen LogP contribution is -2.20. The number of halogens is 1. The number of hydrogen-bond donors (Lipinski definition) is 2. The van der Waals surface area contributed by atoms with Gasteiger partial charge in [0.1, 0.15) is 12.4 Å². The van der Waals surface area contributed by atoms with Gasteiger partial charge in [0.15, 0.2) is 5.65 Å². The van der Waals surface area contributed by atoms with Crippen LogP contribution >= 0.6 is 11.6 Å². The number of carbonyl (C=O) groups excluding carboxylic acids is 1. The zero-order valence-corrected chi connectivity index (χ0v) is 17.6. The van der Waals surface area contributed by atoms with Crippen LogP contribution in [0.4, 0.5) is 5.69 Å². The minimum atomic E-state index is -0.237. The number of nitrogens with zero attached hydrogens (tertiary/aromatic N) is 2. The van der Waals surface area contributed by atoms with Crippen LogP contribution in [0.3, 0.4) is 0 Å². The summed E-state index contributed by atoms with van der Waals surface area (Å²) in [4.78, 5) is 28.8. The number of aromatic amines is 1. The summed E-state index contributed by atoms with van der Waals surface area (Å²) in [7, 11) is 0. The number of rotatable bonds is 6. The van der Waals surface area contributed by atoms with Crippen molar-refractivity contribution in [2.75, 3.05) is 18.5 Å². The molecule has 30 heavy (non-hydrogen) atoms. The molecule has 1 saturated heterocycles. The third kappa shape index (κ3) is 4.34. The largest absolute Gasteiger partial charge is 0.489 e. The Labute approximate surface area is 178 Å². The maximum atomic E-state index is 12.8. The first-order chi connectivity index (χ1) is 14.4. The van der Waals surface area contributed by atoms with E-state index in [2.05, 4.69) is 15.4 Å². The summed E-state index contributed by atoms with van der Waals surface area (Å²) in [6.45, 7) is 4.84. The van der Waals surface area contributed by atoms with E-state index in [1.165, 1.54) is 6.07 Å². The van der Waals surface area contributed by atoms with Gasteiger partial charge in [-0.2, -0.15) is 0 Å². The van der Waals surface area contributed by atoms with Gasteiger partial charge in [-0.05, 0) is 44.9 Å². The number of anilines is 1. The van der Waals surface area contributed by atoms with Crippen molar-refractivity contribution in [1.29, 1.82) is 0 Å². The summed E-state index contributed by atoms with van der Waals surface area (Å²) in [6, 6.07) is 6.54. The molecule has 1 aliphatic rings. The smallest absolute Gasteiger partial charge is 0.266 e. The molecule has 1 amide bonds. The molecule has 0 saturated carbocycles. The fourth-order valence-electron chi connectivity index (χ4n) is 3.65. The summed E-state index contributed by atoms with van der Waals surface area (Å²) >= 11 is 6.13. The Hall–Kier alpha value is -2.84. The van der Waals surface area contributed by atoms with Crippen LogP contribution in [0.5, 0.6) is 5.75 Å². The number of amides is 1. The summed E-state index contributed by atoms with van der Waals surface area (Å²) in [5.74, 6) is 0.307. The van der Waals surface area contributed by atoms with E-state index in [1.54, 1.807) is 22.7 Å². The first kappa shape index (κ1) is 20.4. The van der Waals surface area contributed by atoms with Crippen LogP contribution in [0.1, 0.15) is 29.8 Å². The van der Waals surface area contributed by atoms with Crippen molar-refractivity contribution in [2.24, 2.45) is 0 Å². The van der Waals surface area contributed by atoms with E-state index >= 15 is 0 Å². The second-order valence-corrected chi connectivity index (χ2v) is 7.82. The van der Waals surface area contributed by atoms with Crippen molar-refractivity contribution in [1.82, 2.24) is 14.6 Å². The highest BCUT2D eigenvalue weighted by molar-refractivity contribution is 6.31. The molecule has 3 aromatic rings. The third-order valence-corrected chi connectivity index (χ3v) is 5.44. The van der Waals surface area contributed by atoms with Crippen LogP contribution < -0.4 is 15.6 Å². The van der Waals surface area contributed by atoms with E-state index in [4.69, 9.17) is 21.1 Å². The number of aromatic nitrogens is 3. The van der Waals surface area contributed by atoms with E-state index in [-0.39, 0.29) is 24.0 Å². The Bertz CT molecular complexity index is 1150. The second-order valence-electron chi connectivity index (χ2n) is 7.39. The molecule has 0 radical (unpaired) electrons. The molecule has 2 N–H and O–H groups in total. The predicted octanol–water partition coefficient (Wildman–Crippen LogP) is 3.03. The zero-order valence-electron chi connectivity index (χ0n) is 16.8. The van der Waals surface area contributed by atoms with Gasteiger partial charge in [0, 0.05) is 34.6 Å². The highest BCUT2D eigenvalue weighted by Gasteiger charge is 2.19. The topological polar surface area (TPSA) is 97.7 Å². The number of ether oxygens (including phenoxy) is 2. The third-order valence-electron chi connectivity index (χ3n) is 5.20. The lowest BCUT2D eigenvalue weighted by molar-refractivity contribution is -0.115. The molecule has 1 aromatic carbocycles. The molecular formula is C21H23ClN4O4. The number of benzene rings is 1. The fourth-order valence-corrected chi connectivity index (χ4v) is 3.82. The van der Waals surface area contributed by atoms with Crippen molar-refractivity contribution in [2.45, 2.75) is 39.2 Å². The minimum Gasteiger partial charge on any atom is -0.489 e. The van der Waals surface area contributed by atoms with Gasteiger partial charge < -0.3 is 14.8 Å². The standard InChI is InChI=1S/C21H23ClN4O4/c1-12-16(13(2)26-19(23-12)10-21(28)25-26)9-20(27)24-17-8-14(22)5-6-18(17)30-11-15-4-3-7-29-15/h5-6,8,10,15H,3-4,7,9,11H2,1-2H3,(H,24,27)(H,25,28). The van der Waals surface area contributed by atoms with E-state index in [9.17, 15) is 9.59 Å². The number of fused-ring (bicyclic) bond motifs is 1. The molecule has 0 bridgehead atoms. The first-order valence-electron chi connectivity index (χ1n) is 9.82. The van der Waals surface area contributed by atoms with Gasteiger partial charge in [-0.15, -0.1) is 0 Å². The lowest BCUT2D eigenvalue weighted by Gasteiger charge is -2.16. The molecule has 3 heterocycles. The normalized spacial score (nSPS) is 16.2. The molecule has 1 atom stereocenters. The molecule has 8 nitrogen and oxygen atoms in total. The number of nitrogens with one attached hydrogen (secondary N) is 2. The van der Waals surface area contributed by atoms with Crippen LogP contribution in [0, 0.1) is 13.8 Å². The maximum absolute atomic E-state index is 12.8. The van der Waals surface area contributed by atoms with Gasteiger partial charge in [-0.3, -0.25) is 14.7 Å². The quantitative estimate of drug-likeness (QED) is 0.626. The maximum Gasteiger partial charge on any atom is 0.266 e. The molecule has 2 aromatic heterocycles. The molecule has 1 fully saturated rings. The van der Waals surface area contributed by atoms with Crippen molar-refractivity contribution in [3.05, 3.63) is 56.6 Å². The minimum absolute atomic E-state index is 0.0658. The summed E-state index contributed by atoms with van der Waals surface area (Å²) < 4.78 is 13.1. The summed E-state index contributed by atoms with van der Waals surface area (Å²) in [6.07, 6.45) is 2.15. The molecule has 9 heteroatoms. The Balaban J connectivity index is 1.52. The highest BCUT2D eigenvalue weighted by atomic mass is 35.5. The molecular weight excluding hydrogens is 408 g/mol. The van der Waals surface area contributed by atoms with Gasteiger partial charge in [0.25, 0.3) is 5.56 Å². The number of hydrogen-bond acceptors (Lipinski definition) is 5. The van der Waals surface area contributed by atoms with Crippen LogP contribution in [-0.2, 0) is 16.0 Å². The van der Waals surface area contributed by atoms with E-state index in [1.807, 2.05) is 13.8 Å². The van der Waals surface area contributed by atoms with Crippen LogP contribution in [0.25, 0.3) is 5.65 Å². The second kappa shape index (κ2) is 8.49. The van der Waals surface area contributed by atoms with Crippen molar-refractivity contribution >= 4 is 28.8 Å². The van der Waals surface area contributed by atoms with Crippen LogP contribution in [-0.4, -0.2) is 39.8 Å². The van der Waals surface area contributed by atoms with Gasteiger partial charge in [0.05, 0.1) is 18.2 Å². The predicted molar refractivity (Wildman–Crippen MR) is 114 cm³/mol. The van der Waals surface area contributed by atoms with Crippen LogP contribution in [0.15, 0.2) is 29.1 Å². The number of carbonyl (C=O) groups is 1. The van der Waals surface area contributed by atoms with E-state index < -0.39 is 0 Å². The van der Waals surface area contributed by atoms with E-state index in [0.717, 1.165) is 30.7 Å². The lowest BCUT2D eigenvalue weighted by atomic mass is 10.1. The SMILES string of the molecule is Cc1nc2cc(=O)[nH]n2c(C)c1CC(=O)Nc1cc(Cl)ccc1OCC1CCCO1. The van der Waals surface area contributed by atoms with Gasteiger partial charge in [-0.1, -0.05) is 11.6 Å². The Morgan fingerprint density at radius 3 is 3.00 bits per heavy atom. The molecule has 0 spiro atoms. The molecule has 1 unspecified atom stereocenters. The van der Waals surface area contributed by atoms with Crippen LogP contribution in [0.2, 0.25) is 5.02 Å². The Morgan fingerprint density at radius 1 is 1.40 bits per heavy atom. The van der Waals surface area contributed by atoms with Gasteiger partial charge >= 0.3 is 0 Å². The van der Waals surface area contributed by atoms with Gasteiger partial charge in [0.2, 0.25) is 5.91 Å². The molecule has 0 aliphatic carbocycles. The van der Waals surface area contributed by atoms with Crippen molar-refractivity contribution < 1.29 is 14.3 Å². The molecule has 4 rings (SSSR count). The Morgan fingerprint density at radius 2 is 2.23 bits per heavy atom. The average molecular weight is 431 g/mol. The average Bonchev–Trinajstić information content (AvgIpc) is 3.34. The van der Waals surface area contributed by atoms with Gasteiger partial charge in [-0.25, -0.2) is 9.50 Å². The van der Waals surface area contributed by atoms with E-state index in [0.29, 0.717) is 34.4 Å². The highest BCUT2D eigenvalue weighted by Crippen LogP contribution is 2.29. The number of aryl methyl sites for hydroxylation is 2.